The van der Waals surface area contributed by atoms with Crippen LogP contribution in [-0.2, 0) is 27.4 Å². The van der Waals surface area contributed by atoms with Crippen LogP contribution in [0, 0.1) is 5.92 Å². The van der Waals surface area contributed by atoms with Gasteiger partial charge in [-0.1, -0.05) is 18.2 Å². The maximum Gasteiger partial charge on any atom is 0.326 e. The molecule has 148 valence electrons. The van der Waals surface area contributed by atoms with Crippen molar-refractivity contribution >= 4 is 11.9 Å². The van der Waals surface area contributed by atoms with Crippen LogP contribution in [0.5, 0.6) is 5.75 Å². The SMILES string of the molecule is O=C(Cc1cccc(OCc2cccnc2)c1)NC(C(=O)O)C1CCCOC1. The molecule has 1 amide bonds. The van der Waals surface area contributed by atoms with Crippen molar-refractivity contribution in [2.24, 2.45) is 5.92 Å². The van der Waals surface area contributed by atoms with Crippen molar-refractivity contribution in [3.8, 4) is 5.75 Å². The van der Waals surface area contributed by atoms with E-state index in [9.17, 15) is 14.7 Å². The van der Waals surface area contributed by atoms with Crippen molar-refractivity contribution in [3.05, 3.63) is 59.9 Å². The Labute approximate surface area is 163 Å². The number of ether oxygens (including phenoxy) is 2. The van der Waals surface area contributed by atoms with Gasteiger partial charge in [-0.05, 0) is 36.6 Å². The van der Waals surface area contributed by atoms with Crippen molar-refractivity contribution in [2.45, 2.75) is 31.9 Å². The molecule has 1 fully saturated rings. The molecule has 0 radical (unpaired) electrons. The zero-order chi connectivity index (χ0) is 19.8. The number of carbonyl (C=O) groups is 2. The average Bonchev–Trinajstić information content (AvgIpc) is 2.72. The summed E-state index contributed by atoms with van der Waals surface area (Å²) in [6.45, 7) is 1.38. The normalized spacial score (nSPS) is 17.5. The van der Waals surface area contributed by atoms with Gasteiger partial charge in [0, 0.05) is 30.5 Å². The standard InChI is InChI=1S/C21H24N2O5/c24-19(23-20(21(25)26)17-6-3-9-27-14-17)11-15-4-1-7-18(10-15)28-13-16-5-2-8-22-12-16/h1-2,4-5,7-8,10,12,17,20H,3,6,9,11,13-14H2,(H,23,24)(H,25,26). The maximum absolute atomic E-state index is 12.4. The Kier molecular flexibility index (Phi) is 6.97. The van der Waals surface area contributed by atoms with Gasteiger partial charge in [0.15, 0.2) is 0 Å². The molecule has 2 heterocycles. The molecule has 2 unspecified atom stereocenters. The van der Waals surface area contributed by atoms with Crippen LogP contribution in [0.2, 0.25) is 0 Å². The highest BCUT2D eigenvalue weighted by Gasteiger charge is 2.31. The van der Waals surface area contributed by atoms with E-state index in [1.807, 2.05) is 30.3 Å². The lowest BCUT2D eigenvalue weighted by Gasteiger charge is -2.28. The molecule has 0 saturated carbocycles. The Balaban J connectivity index is 1.56. The number of pyridine rings is 1. The van der Waals surface area contributed by atoms with Gasteiger partial charge in [-0.2, -0.15) is 0 Å². The van der Waals surface area contributed by atoms with Crippen molar-refractivity contribution in [2.75, 3.05) is 13.2 Å². The number of hydrogen-bond acceptors (Lipinski definition) is 5. The minimum Gasteiger partial charge on any atom is -0.489 e. The lowest BCUT2D eigenvalue weighted by Crippen LogP contribution is -2.48. The Morgan fingerprint density at radius 2 is 2.14 bits per heavy atom. The molecule has 2 atom stereocenters. The molecular weight excluding hydrogens is 360 g/mol. The third-order valence-electron chi connectivity index (χ3n) is 4.64. The van der Waals surface area contributed by atoms with Crippen LogP contribution >= 0.6 is 0 Å². The Bertz CT molecular complexity index is 790. The topological polar surface area (TPSA) is 97.8 Å². The second-order valence-corrected chi connectivity index (χ2v) is 6.83. The monoisotopic (exact) mass is 384 g/mol. The lowest BCUT2D eigenvalue weighted by molar-refractivity contribution is -0.145. The molecule has 0 spiro atoms. The first-order valence-corrected chi connectivity index (χ1v) is 9.32. The van der Waals surface area contributed by atoms with Crippen LogP contribution in [0.15, 0.2) is 48.8 Å². The summed E-state index contributed by atoms with van der Waals surface area (Å²) < 4.78 is 11.1. The van der Waals surface area contributed by atoms with Crippen molar-refractivity contribution < 1.29 is 24.2 Å². The van der Waals surface area contributed by atoms with E-state index in [1.165, 1.54) is 0 Å². The number of aliphatic carboxylic acids is 1. The van der Waals surface area contributed by atoms with Crippen LogP contribution in [0.25, 0.3) is 0 Å². The molecule has 1 aliphatic heterocycles. The number of carbonyl (C=O) groups excluding carboxylic acids is 1. The first-order valence-electron chi connectivity index (χ1n) is 9.32. The van der Waals surface area contributed by atoms with E-state index in [-0.39, 0.29) is 18.2 Å². The number of aromatic nitrogens is 1. The molecule has 1 aromatic heterocycles. The fraction of sp³-hybridized carbons (Fsp3) is 0.381. The van der Waals surface area contributed by atoms with Crippen LogP contribution in [-0.4, -0.2) is 41.2 Å². The largest absolute Gasteiger partial charge is 0.489 e. The predicted molar refractivity (Wildman–Crippen MR) is 102 cm³/mol. The highest BCUT2D eigenvalue weighted by molar-refractivity contribution is 5.85. The van der Waals surface area contributed by atoms with Crippen LogP contribution in [0.4, 0.5) is 0 Å². The van der Waals surface area contributed by atoms with Crippen LogP contribution in [0.3, 0.4) is 0 Å². The minimum absolute atomic E-state index is 0.0848. The molecular formula is C21H24N2O5. The summed E-state index contributed by atoms with van der Waals surface area (Å²) >= 11 is 0. The van der Waals surface area contributed by atoms with Crippen LogP contribution in [0.1, 0.15) is 24.0 Å². The molecule has 1 saturated heterocycles. The van der Waals surface area contributed by atoms with E-state index in [0.29, 0.717) is 25.6 Å². The number of amides is 1. The highest BCUT2D eigenvalue weighted by atomic mass is 16.5. The molecule has 28 heavy (non-hydrogen) atoms. The minimum atomic E-state index is -1.03. The van der Waals surface area contributed by atoms with Gasteiger partial charge in [-0.25, -0.2) is 4.79 Å². The van der Waals surface area contributed by atoms with E-state index in [4.69, 9.17) is 9.47 Å². The molecule has 2 aromatic rings. The van der Waals surface area contributed by atoms with E-state index in [1.54, 1.807) is 18.5 Å². The molecule has 1 aromatic carbocycles. The van der Waals surface area contributed by atoms with Crippen LogP contribution < -0.4 is 10.1 Å². The smallest absolute Gasteiger partial charge is 0.326 e. The first-order chi connectivity index (χ1) is 13.6. The molecule has 1 aliphatic rings. The first kappa shape index (κ1) is 19.8. The quantitative estimate of drug-likeness (QED) is 0.724. The Morgan fingerprint density at radius 1 is 1.29 bits per heavy atom. The fourth-order valence-electron chi connectivity index (χ4n) is 3.22. The number of nitrogens with one attached hydrogen (secondary N) is 1. The third kappa shape index (κ3) is 5.79. The number of hydrogen-bond donors (Lipinski definition) is 2. The van der Waals surface area contributed by atoms with Gasteiger partial charge in [0.2, 0.25) is 5.91 Å². The number of carboxylic acid groups (broad SMARTS) is 1. The molecule has 3 rings (SSSR count). The van der Waals surface area contributed by atoms with Gasteiger partial charge < -0.3 is 19.9 Å². The van der Waals surface area contributed by atoms with E-state index in [0.717, 1.165) is 24.0 Å². The summed E-state index contributed by atoms with van der Waals surface area (Å²) in [7, 11) is 0. The average molecular weight is 384 g/mol. The number of benzene rings is 1. The Hall–Kier alpha value is -2.93. The highest BCUT2D eigenvalue weighted by Crippen LogP contribution is 2.19. The summed E-state index contributed by atoms with van der Waals surface area (Å²) in [5, 5.41) is 12.1. The maximum atomic E-state index is 12.4. The van der Waals surface area contributed by atoms with Crippen molar-refractivity contribution in [1.82, 2.24) is 10.3 Å². The third-order valence-corrected chi connectivity index (χ3v) is 4.64. The summed E-state index contributed by atoms with van der Waals surface area (Å²) in [4.78, 5) is 28.0. The van der Waals surface area contributed by atoms with Gasteiger partial charge in [-0.3, -0.25) is 9.78 Å². The molecule has 0 aliphatic carbocycles. The zero-order valence-corrected chi connectivity index (χ0v) is 15.5. The molecule has 0 bridgehead atoms. The zero-order valence-electron chi connectivity index (χ0n) is 15.5. The second-order valence-electron chi connectivity index (χ2n) is 6.83. The van der Waals surface area contributed by atoms with Gasteiger partial charge in [0.25, 0.3) is 0 Å². The Morgan fingerprint density at radius 3 is 2.86 bits per heavy atom. The van der Waals surface area contributed by atoms with Gasteiger partial charge in [0.05, 0.1) is 13.0 Å². The summed E-state index contributed by atoms with van der Waals surface area (Å²) in [6, 6.07) is 10.1. The second kappa shape index (κ2) is 9.85. The predicted octanol–water partition coefficient (Wildman–Crippen LogP) is 2.20. The lowest BCUT2D eigenvalue weighted by atomic mass is 9.93. The van der Waals surface area contributed by atoms with Gasteiger partial charge in [-0.15, -0.1) is 0 Å². The molecule has 7 heteroatoms. The van der Waals surface area contributed by atoms with E-state index < -0.39 is 12.0 Å². The van der Waals surface area contributed by atoms with Gasteiger partial charge >= 0.3 is 5.97 Å². The van der Waals surface area contributed by atoms with E-state index in [2.05, 4.69) is 10.3 Å². The van der Waals surface area contributed by atoms with Crippen molar-refractivity contribution in [1.29, 1.82) is 0 Å². The summed E-state index contributed by atoms with van der Waals surface area (Å²) in [5.74, 6) is -0.922. The van der Waals surface area contributed by atoms with Crippen molar-refractivity contribution in [3.63, 3.8) is 0 Å². The molecule has 7 nitrogen and oxygen atoms in total. The number of carboxylic acids is 1. The summed E-state index contributed by atoms with van der Waals surface area (Å²) in [6.07, 6.45) is 5.06. The fourth-order valence-corrected chi connectivity index (χ4v) is 3.22. The van der Waals surface area contributed by atoms with Gasteiger partial charge in [0.1, 0.15) is 18.4 Å². The molecule has 2 N–H and O–H groups in total. The number of nitrogens with zero attached hydrogens (tertiary/aromatic N) is 1. The summed E-state index contributed by atoms with van der Waals surface area (Å²) in [5.41, 5.74) is 1.70. The van der Waals surface area contributed by atoms with E-state index >= 15 is 0 Å². The number of rotatable bonds is 8.